The summed E-state index contributed by atoms with van der Waals surface area (Å²) in [7, 11) is 0. The molecule has 1 aromatic rings. The molecule has 18 nitrogen and oxygen atoms in total. The number of para-hydroxylation sites is 1. The van der Waals surface area contributed by atoms with Gasteiger partial charge in [-0.2, -0.15) is 10.4 Å². The van der Waals surface area contributed by atoms with Crippen molar-refractivity contribution in [2.24, 2.45) is 21.9 Å². The van der Waals surface area contributed by atoms with Gasteiger partial charge in [0.2, 0.25) is 0 Å². The molecule has 3 unspecified atom stereocenters. The van der Waals surface area contributed by atoms with Crippen molar-refractivity contribution in [1.82, 2.24) is 5.01 Å². The lowest BCUT2D eigenvalue weighted by Gasteiger charge is -2.24. The zero-order chi connectivity index (χ0) is 62.8. The first-order valence-corrected chi connectivity index (χ1v) is 28.8. The summed E-state index contributed by atoms with van der Waals surface area (Å²) in [6.45, 7) is 43.6. The Hall–Kier alpha value is -8.24. The number of nitrogens with zero attached hydrogens (tertiary/aromatic N) is 4. The van der Waals surface area contributed by atoms with E-state index in [9.17, 15) is 34.0 Å². The average molecular weight is 1180 g/mol. The Morgan fingerprint density at radius 1 is 0.619 bits per heavy atom. The highest BCUT2D eigenvalue weighted by molar-refractivity contribution is 7.99. The molecule has 0 aliphatic carbocycles. The van der Waals surface area contributed by atoms with Crippen LogP contribution in [0.1, 0.15) is 118 Å². The van der Waals surface area contributed by atoms with Gasteiger partial charge in [0.05, 0.1) is 97.9 Å². The maximum atomic E-state index is 13.8. The van der Waals surface area contributed by atoms with E-state index in [0.717, 1.165) is 68.4 Å². The number of carbonyl (C=O) groups excluding carboxylic acids is 6. The molecule has 19 heteroatoms. The van der Waals surface area contributed by atoms with E-state index in [4.69, 9.17) is 37.9 Å². The van der Waals surface area contributed by atoms with Crippen LogP contribution in [0.3, 0.4) is 0 Å². The lowest BCUT2D eigenvalue weighted by Crippen LogP contribution is -2.28. The van der Waals surface area contributed by atoms with Gasteiger partial charge in [-0.3, -0.25) is 19.6 Å². The Balaban J connectivity index is 2.99. The number of ether oxygens (including phenoxy) is 8. The van der Waals surface area contributed by atoms with Crippen molar-refractivity contribution in [3.05, 3.63) is 159 Å². The van der Waals surface area contributed by atoms with Gasteiger partial charge < -0.3 is 37.9 Å². The molecule has 0 aliphatic heterocycles. The molecule has 0 aromatic heterocycles. The molecule has 456 valence electrons. The first-order chi connectivity index (χ1) is 40.0. The summed E-state index contributed by atoms with van der Waals surface area (Å²) < 4.78 is 43.6. The van der Waals surface area contributed by atoms with Gasteiger partial charge in [0.15, 0.2) is 0 Å². The third-order valence-corrected chi connectivity index (χ3v) is 13.1. The number of hydrogen-bond donors (Lipinski definition) is 0. The highest BCUT2D eigenvalue weighted by Crippen LogP contribution is 2.30. The van der Waals surface area contributed by atoms with E-state index in [0.29, 0.717) is 50.1 Å². The molecular weight excluding hydrogens is 1090 g/mol. The first kappa shape index (κ1) is 73.8. The summed E-state index contributed by atoms with van der Waals surface area (Å²) in [6, 6.07) is 9.19. The average Bonchev–Trinajstić information content (AvgIpc) is 3.68. The van der Waals surface area contributed by atoms with Gasteiger partial charge in [-0.05, 0) is 147 Å². The zero-order valence-corrected chi connectivity index (χ0v) is 50.6. The molecule has 0 amide bonds. The summed E-state index contributed by atoms with van der Waals surface area (Å²) in [5.41, 5.74) is 0.677. The number of nitriles is 1. The predicted octanol–water partition coefficient (Wildman–Crippen LogP) is 13.3. The van der Waals surface area contributed by atoms with Gasteiger partial charge in [0, 0.05) is 22.6 Å². The van der Waals surface area contributed by atoms with Crippen molar-refractivity contribution < 1.29 is 66.7 Å². The summed E-state index contributed by atoms with van der Waals surface area (Å²) in [6.07, 6.45) is 17.4. The molecular formula is C65H86N4O14S. The number of hydrogen-bond acceptors (Lipinski definition) is 19. The van der Waals surface area contributed by atoms with Crippen LogP contribution in [0.5, 0.6) is 0 Å². The topological polar surface area (TPSA) is 228 Å². The van der Waals surface area contributed by atoms with E-state index in [1.807, 2.05) is 31.2 Å². The van der Waals surface area contributed by atoms with Crippen LogP contribution in [0.15, 0.2) is 174 Å². The molecule has 1 aromatic carbocycles. The Morgan fingerprint density at radius 3 is 1.58 bits per heavy atom. The molecule has 0 saturated carbocycles. The van der Waals surface area contributed by atoms with Crippen molar-refractivity contribution in [1.29, 1.82) is 5.26 Å². The Labute approximate surface area is 501 Å². The third kappa shape index (κ3) is 33.6. The van der Waals surface area contributed by atoms with Crippen LogP contribution in [0, 0.1) is 23.2 Å². The van der Waals surface area contributed by atoms with Crippen molar-refractivity contribution in [2.75, 3.05) is 32.3 Å². The van der Waals surface area contributed by atoms with Gasteiger partial charge >= 0.3 is 35.8 Å². The second-order valence-electron chi connectivity index (χ2n) is 19.4. The molecule has 0 heterocycles. The standard InChI is InChI=1S/C65H86N4O14S/c1-15-60(70)78-41-25-19-17-23-39-76-50(7)32-29-46(3)62(72)80-52(9)33-30-48(5)64(74)83-55(12)43-57(44-68-69(49(6)37-38-66)45-84-59-28-22-21-27-58(59)67-14)56(13)65(75)82-53(10)34-31-47(4)63(73)81-54(11)36-35-51(8)77-40-24-18-20-26-42-79-61(71)16-2/h15-16,21-22,27-29,32,35-36,43-44,47-49,52-53H,1-3,7-8,11-14,17-20,23-26,30-31,33-34,37,39-42,45H2,4-6,9-10H3/b32-29-,36-35-,57-43-,68-44+/t47?,48?,49?,52-,53-/m0/s1. The first-order valence-electron chi connectivity index (χ1n) is 27.8. The van der Waals surface area contributed by atoms with Crippen LogP contribution in [-0.4, -0.2) is 104 Å². The van der Waals surface area contributed by atoms with Gasteiger partial charge in [-0.15, -0.1) is 11.8 Å². The van der Waals surface area contributed by atoms with Crippen molar-refractivity contribution in [2.45, 2.75) is 141 Å². The quantitative estimate of drug-likeness (QED) is 0.00564. The summed E-state index contributed by atoms with van der Waals surface area (Å²) in [5.74, 6) is -3.91. The lowest BCUT2D eigenvalue weighted by molar-refractivity contribution is -0.146. The van der Waals surface area contributed by atoms with Crippen molar-refractivity contribution in [3.63, 3.8) is 0 Å². The molecule has 0 fully saturated rings. The van der Waals surface area contributed by atoms with Crippen LogP contribution in [-0.2, 0) is 66.7 Å². The smallest absolute Gasteiger partial charge is 0.338 e. The molecule has 1 rings (SSSR count). The van der Waals surface area contributed by atoms with E-state index in [1.165, 1.54) is 42.3 Å². The molecule has 0 aliphatic rings. The third-order valence-electron chi connectivity index (χ3n) is 12.1. The van der Waals surface area contributed by atoms with Crippen LogP contribution >= 0.6 is 11.8 Å². The SMILES string of the molecule is C=CC(=O)OCCCCCCOC(=C)/C=C\C(=C)OC(=O)C(C)CC[C@H](C)OC(=O)C(=C)C(/C=N/N(CSc1ccccc1N=C)C(C)CC#N)=C\C(=C)OC(=O)C(C)CC[C@H](C)OC(=O)C(=C)/C=C\C(=C)OCCCCCCOC(=O)C=C. The molecule has 0 radical (unpaired) electrons. The highest BCUT2D eigenvalue weighted by Gasteiger charge is 2.23. The monoisotopic (exact) mass is 1180 g/mol. The number of hydrazone groups is 1. The Bertz CT molecular complexity index is 2630. The second-order valence-corrected chi connectivity index (χ2v) is 20.4. The summed E-state index contributed by atoms with van der Waals surface area (Å²) in [4.78, 5) is 80.1. The van der Waals surface area contributed by atoms with Crippen LogP contribution < -0.4 is 0 Å². The molecule has 0 saturated heterocycles. The molecule has 0 spiro atoms. The van der Waals surface area contributed by atoms with Crippen LogP contribution in [0.4, 0.5) is 5.69 Å². The van der Waals surface area contributed by atoms with E-state index < -0.39 is 59.9 Å². The Kier molecular flexibility index (Phi) is 38.2. The molecule has 84 heavy (non-hydrogen) atoms. The fourth-order valence-corrected chi connectivity index (χ4v) is 7.92. The van der Waals surface area contributed by atoms with Crippen molar-refractivity contribution >= 4 is 66.2 Å². The largest absolute Gasteiger partial charge is 0.494 e. The van der Waals surface area contributed by atoms with Gasteiger partial charge in [-0.1, -0.05) is 78.6 Å². The minimum atomic E-state index is -0.822. The normalized spacial score (nSPS) is 12.9. The van der Waals surface area contributed by atoms with Gasteiger partial charge in [0.1, 0.15) is 23.0 Å². The number of esters is 6. The lowest BCUT2D eigenvalue weighted by atomic mass is 10.0. The molecule has 0 bridgehead atoms. The fraction of sp³-hybridized carbons (Fsp3) is 0.431. The second kappa shape index (κ2) is 43.4. The van der Waals surface area contributed by atoms with Gasteiger partial charge in [0.25, 0.3) is 0 Å². The summed E-state index contributed by atoms with van der Waals surface area (Å²) >= 11 is 1.41. The minimum Gasteiger partial charge on any atom is -0.494 e. The van der Waals surface area contributed by atoms with E-state index in [-0.39, 0.29) is 65.8 Å². The van der Waals surface area contributed by atoms with E-state index in [1.54, 1.807) is 38.8 Å². The Morgan fingerprint density at radius 2 is 1.08 bits per heavy atom. The minimum absolute atomic E-state index is 0.0744. The van der Waals surface area contributed by atoms with Gasteiger partial charge in [-0.25, -0.2) is 19.2 Å². The zero-order valence-electron chi connectivity index (χ0n) is 49.8. The maximum absolute atomic E-state index is 13.8. The van der Waals surface area contributed by atoms with Crippen LogP contribution in [0.25, 0.3) is 0 Å². The van der Waals surface area contributed by atoms with E-state index >= 15 is 0 Å². The predicted molar refractivity (Wildman–Crippen MR) is 329 cm³/mol. The molecule has 5 atom stereocenters. The van der Waals surface area contributed by atoms with Crippen molar-refractivity contribution in [3.8, 4) is 6.07 Å². The number of benzene rings is 1. The molecule has 0 N–H and O–H groups in total. The number of thioether (sulfide) groups is 1. The summed E-state index contributed by atoms with van der Waals surface area (Å²) in [5, 5.41) is 15.9. The number of unbranched alkanes of at least 4 members (excludes halogenated alkanes) is 6. The number of aliphatic imine (C=N–C) groups is 1. The van der Waals surface area contributed by atoms with E-state index in [2.05, 4.69) is 75.5 Å². The fourth-order valence-electron chi connectivity index (χ4n) is 6.87. The number of allylic oxidation sites excluding steroid dienone is 4. The number of carbonyl (C=O) groups is 6. The van der Waals surface area contributed by atoms with Crippen LogP contribution in [0.2, 0.25) is 0 Å². The maximum Gasteiger partial charge on any atom is 0.338 e. The highest BCUT2D eigenvalue weighted by atomic mass is 32.2. The number of rotatable bonds is 46.